The Balaban J connectivity index is 1.87. The molecular weight excluding hydrogens is 416 g/mol. The zero-order chi connectivity index (χ0) is 22.4. The number of aliphatic hydroxyl groups is 4. The van der Waals surface area contributed by atoms with Crippen LogP contribution in [0.3, 0.4) is 0 Å². The van der Waals surface area contributed by atoms with Crippen LogP contribution in [0.15, 0.2) is 33.5 Å². The van der Waals surface area contributed by atoms with E-state index in [9.17, 15) is 35.4 Å². The Bertz CT molecular complexity index is 1190. The van der Waals surface area contributed by atoms with Crippen LogP contribution in [0.5, 0.6) is 23.0 Å². The number of aromatic hydroxyl groups is 2. The monoisotopic (exact) mass is 436 g/mol. The standard InChI is InChI=1S/C20H20O11/c1-28-7-4-9(23)13-11(5-7)29-19-8(22)2-3-10(14(19)16(13)25)30-20-18(27)17(26)15(24)12(6-21)31-20/h2-5,12,15,17-18,20-24,26-27H,6H2,1H3/t12-,15-,17-,18-,20-/m0/s1. The van der Waals surface area contributed by atoms with Crippen molar-refractivity contribution in [3.8, 4) is 23.0 Å². The molecule has 0 saturated carbocycles. The lowest BCUT2D eigenvalue weighted by Crippen LogP contribution is -2.60. The summed E-state index contributed by atoms with van der Waals surface area (Å²) in [5.41, 5.74) is -1.05. The molecule has 0 bridgehead atoms. The summed E-state index contributed by atoms with van der Waals surface area (Å²) < 4.78 is 21.5. The van der Waals surface area contributed by atoms with E-state index < -0.39 is 54.2 Å². The zero-order valence-electron chi connectivity index (χ0n) is 16.1. The number of phenolic OH excluding ortho intramolecular Hbond substituents is 2. The van der Waals surface area contributed by atoms with E-state index in [1.54, 1.807) is 0 Å². The van der Waals surface area contributed by atoms with Gasteiger partial charge in [0, 0.05) is 12.1 Å². The molecule has 0 unspecified atom stereocenters. The van der Waals surface area contributed by atoms with E-state index in [1.807, 2.05) is 0 Å². The van der Waals surface area contributed by atoms with E-state index in [2.05, 4.69) is 0 Å². The van der Waals surface area contributed by atoms with Gasteiger partial charge in [0.2, 0.25) is 11.7 Å². The lowest BCUT2D eigenvalue weighted by Gasteiger charge is -2.39. The smallest absolute Gasteiger partial charge is 0.229 e. The van der Waals surface area contributed by atoms with Crippen molar-refractivity contribution in [3.63, 3.8) is 0 Å². The molecule has 11 heteroatoms. The summed E-state index contributed by atoms with van der Waals surface area (Å²) in [6.45, 7) is -0.663. The third-order valence-electron chi connectivity index (χ3n) is 5.15. The third-order valence-corrected chi connectivity index (χ3v) is 5.15. The normalized spacial score (nSPS) is 26.3. The molecule has 166 valence electrons. The van der Waals surface area contributed by atoms with Crippen molar-refractivity contribution >= 4 is 21.9 Å². The van der Waals surface area contributed by atoms with Crippen molar-refractivity contribution in [2.45, 2.75) is 30.7 Å². The van der Waals surface area contributed by atoms with Crippen molar-refractivity contribution in [3.05, 3.63) is 34.5 Å². The maximum Gasteiger partial charge on any atom is 0.229 e. The molecule has 0 aliphatic carbocycles. The fourth-order valence-electron chi connectivity index (χ4n) is 3.50. The molecule has 6 N–H and O–H groups in total. The number of aliphatic hydroxyl groups excluding tert-OH is 4. The molecular formula is C20H20O11. The predicted octanol–water partition coefficient (Wildman–Crippen LogP) is -0.455. The van der Waals surface area contributed by atoms with Crippen LogP contribution >= 0.6 is 0 Å². The van der Waals surface area contributed by atoms with E-state index >= 15 is 0 Å². The summed E-state index contributed by atoms with van der Waals surface area (Å²) in [6.07, 6.45) is -7.78. The maximum atomic E-state index is 13.2. The van der Waals surface area contributed by atoms with Gasteiger partial charge in [-0.2, -0.15) is 0 Å². The summed E-state index contributed by atoms with van der Waals surface area (Å²) in [7, 11) is 1.36. The summed E-state index contributed by atoms with van der Waals surface area (Å²) in [4.78, 5) is 13.2. The molecule has 1 aliphatic heterocycles. The second-order valence-corrected chi connectivity index (χ2v) is 7.05. The molecule has 3 aromatic rings. The molecule has 11 nitrogen and oxygen atoms in total. The van der Waals surface area contributed by atoms with Crippen molar-refractivity contribution < 1.29 is 49.3 Å². The van der Waals surface area contributed by atoms with Gasteiger partial charge in [0.25, 0.3) is 0 Å². The van der Waals surface area contributed by atoms with Crippen LogP contribution in [-0.2, 0) is 4.74 Å². The molecule has 2 aromatic carbocycles. The molecule has 2 heterocycles. The van der Waals surface area contributed by atoms with E-state index in [0.717, 1.165) is 0 Å². The molecule has 31 heavy (non-hydrogen) atoms. The van der Waals surface area contributed by atoms with Gasteiger partial charge >= 0.3 is 0 Å². The second-order valence-electron chi connectivity index (χ2n) is 7.05. The zero-order valence-corrected chi connectivity index (χ0v) is 16.1. The summed E-state index contributed by atoms with van der Waals surface area (Å²) in [6, 6.07) is 4.96. The quantitative estimate of drug-likeness (QED) is 0.292. The Morgan fingerprint density at radius 2 is 1.74 bits per heavy atom. The van der Waals surface area contributed by atoms with Crippen molar-refractivity contribution in [2.75, 3.05) is 13.7 Å². The Kier molecular flexibility index (Phi) is 5.37. The van der Waals surface area contributed by atoms with Gasteiger partial charge in [0.15, 0.2) is 11.3 Å². The van der Waals surface area contributed by atoms with Gasteiger partial charge in [0.05, 0.1) is 13.7 Å². The molecule has 0 radical (unpaired) electrons. The van der Waals surface area contributed by atoms with Gasteiger partial charge in [-0.15, -0.1) is 0 Å². The lowest BCUT2D eigenvalue weighted by molar-refractivity contribution is -0.277. The maximum absolute atomic E-state index is 13.2. The predicted molar refractivity (Wildman–Crippen MR) is 104 cm³/mol. The van der Waals surface area contributed by atoms with E-state index in [4.69, 9.17) is 18.6 Å². The average molecular weight is 436 g/mol. The highest BCUT2D eigenvalue weighted by Crippen LogP contribution is 2.37. The molecule has 5 atom stereocenters. The number of methoxy groups -OCH3 is 1. The lowest BCUT2D eigenvalue weighted by atomic mass is 9.99. The first-order chi connectivity index (χ1) is 14.8. The second kappa shape index (κ2) is 7.87. The number of hydrogen-bond donors (Lipinski definition) is 6. The minimum Gasteiger partial charge on any atom is -0.507 e. The van der Waals surface area contributed by atoms with E-state index in [-0.39, 0.29) is 33.4 Å². The third kappa shape index (κ3) is 3.42. The minimum atomic E-state index is -1.72. The van der Waals surface area contributed by atoms with Crippen LogP contribution in [0.4, 0.5) is 0 Å². The first-order valence-electron chi connectivity index (χ1n) is 9.23. The van der Waals surface area contributed by atoms with Gasteiger partial charge in [-0.05, 0) is 12.1 Å². The molecule has 1 aromatic heterocycles. The molecule has 0 amide bonds. The average Bonchev–Trinajstić information content (AvgIpc) is 2.75. The van der Waals surface area contributed by atoms with Crippen molar-refractivity contribution in [1.82, 2.24) is 0 Å². The molecule has 4 rings (SSSR count). The first-order valence-corrected chi connectivity index (χ1v) is 9.23. The van der Waals surface area contributed by atoms with Crippen molar-refractivity contribution in [2.24, 2.45) is 0 Å². The van der Waals surface area contributed by atoms with Crippen LogP contribution in [0.25, 0.3) is 21.9 Å². The summed E-state index contributed by atoms with van der Waals surface area (Å²) >= 11 is 0. The Labute approximate surface area is 173 Å². The Hall–Kier alpha value is -3.09. The molecule has 1 saturated heterocycles. The van der Waals surface area contributed by atoms with Crippen molar-refractivity contribution in [1.29, 1.82) is 0 Å². The van der Waals surface area contributed by atoms with Crippen LogP contribution < -0.4 is 14.9 Å². The number of benzene rings is 2. The highest BCUT2D eigenvalue weighted by Gasteiger charge is 2.45. The van der Waals surface area contributed by atoms with Crippen LogP contribution in [0.1, 0.15) is 0 Å². The fraction of sp³-hybridized carbons (Fsp3) is 0.350. The Morgan fingerprint density at radius 1 is 1.00 bits per heavy atom. The highest BCUT2D eigenvalue weighted by molar-refractivity contribution is 5.98. The number of ether oxygens (including phenoxy) is 3. The van der Waals surface area contributed by atoms with Crippen LogP contribution in [0, 0.1) is 0 Å². The van der Waals surface area contributed by atoms with Crippen LogP contribution in [0.2, 0.25) is 0 Å². The molecule has 1 aliphatic rings. The van der Waals surface area contributed by atoms with Gasteiger partial charge in [-0.25, -0.2) is 0 Å². The number of phenols is 2. The number of hydrogen-bond acceptors (Lipinski definition) is 11. The van der Waals surface area contributed by atoms with Crippen LogP contribution in [-0.4, -0.2) is 75.1 Å². The summed E-state index contributed by atoms with van der Waals surface area (Å²) in [5.74, 6) is -0.784. The SMILES string of the molecule is COc1cc(O)c2c(=O)c3c(O[C@H]4O[C@@H](CO)[C@H](O)[C@H](O)[C@@H]4O)ccc(O)c3oc2c1. The Morgan fingerprint density at radius 3 is 2.42 bits per heavy atom. The molecule has 0 spiro atoms. The fourth-order valence-corrected chi connectivity index (χ4v) is 3.50. The van der Waals surface area contributed by atoms with E-state index in [1.165, 1.54) is 31.4 Å². The molecule has 1 fully saturated rings. The highest BCUT2D eigenvalue weighted by atomic mass is 16.7. The number of rotatable bonds is 4. The first kappa shape index (κ1) is 21.2. The summed E-state index contributed by atoms with van der Waals surface area (Å²) in [5, 5.41) is 59.4. The minimum absolute atomic E-state index is 0.0466. The topological polar surface area (TPSA) is 179 Å². The van der Waals surface area contributed by atoms with Gasteiger partial charge < -0.3 is 49.3 Å². The largest absolute Gasteiger partial charge is 0.507 e. The van der Waals surface area contributed by atoms with Gasteiger partial charge in [0.1, 0.15) is 58.0 Å². The number of fused-ring (bicyclic) bond motifs is 2. The van der Waals surface area contributed by atoms with Gasteiger partial charge in [-0.3, -0.25) is 4.79 Å². The van der Waals surface area contributed by atoms with Gasteiger partial charge in [-0.1, -0.05) is 0 Å². The van der Waals surface area contributed by atoms with E-state index in [0.29, 0.717) is 0 Å².